The van der Waals surface area contributed by atoms with Gasteiger partial charge in [0.25, 0.3) is 5.91 Å². The van der Waals surface area contributed by atoms with Gasteiger partial charge in [0.2, 0.25) is 0 Å². The van der Waals surface area contributed by atoms with E-state index in [1.165, 1.54) is 18.5 Å². The van der Waals surface area contributed by atoms with Crippen LogP contribution in [0.2, 0.25) is 5.02 Å². The van der Waals surface area contributed by atoms with Crippen molar-refractivity contribution in [2.75, 3.05) is 63.1 Å². The SMILES string of the molecule is CN1CCN(CC=CC(=O)N2CCOc3cc4ncnc(Nc5ccc(OCc6cccc(F)c6)c(Cl)c5)c4cc32)CC1. The van der Waals surface area contributed by atoms with Crippen LogP contribution >= 0.6 is 11.6 Å². The molecule has 6 rings (SSSR count). The van der Waals surface area contributed by atoms with Gasteiger partial charge in [-0.15, -0.1) is 0 Å². The van der Waals surface area contributed by atoms with Crippen LogP contribution in [0.4, 0.5) is 21.6 Å². The molecule has 9 nitrogen and oxygen atoms in total. The highest BCUT2D eigenvalue weighted by Crippen LogP contribution is 2.38. The molecule has 4 aromatic rings. The number of nitrogens with one attached hydrogen (secondary N) is 1. The van der Waals surface area contributed by atoms with Gasteiger partial charge in [-0.05, 0) is 49.0 Å². The van der Waals surface area contributed by atoms with E-state index in [2.05, 4.69) is 32.1 Å². The van der Waals surface area contributed by atoms with Crippen molar-refractivity contribution in [3.8, 4) is 11.5 Å². The van der Waals surface area contributed by atoms with Gasteiger partial charge in [0.15, 0.2) is 0 Å². The third-order valence-corrected chi connectivity index (χ3v) is 7.84. The molecule has 0 aliphatic carbocycles. The zero-order valence-corrected chi connectivity index (χ0v) is 24.6. The summed E-state index contributed by atoms with van der Waals surface area (Å²) in [5.74, 6) is 1.23. The third-order valence-electron chi connectivity index (χ3n) is 7.54. The van der Waals surface area contributed by atoms with Gasteiger partial charge in [0.05, 0.1) is 22.8 Å². The van der Waals surface area contributed by atoms with Crippen molar-refractivity contribution in [3.05, 3.63) is 89.5 Å². The van der Waals surface area contributed by atoms with Crippen LogP contribution in [0.5, 0.6) is 11.5 Å². The summed E-state index contributed by atoms with van der Waals surface area (Å²) in [7, 11) is 2.13. The Kier molecular flexibility index (Phi) is 8.69. The Labute approximate surface area is 254 Å². The van der Waals surface area contributed by atoms with E-state index in [0.29, 0.717) is 57.9 Å². The van der Waals surface area contributed by atoms with Crippen LogP contribution in [0, 0.1) is 5.82 Å². The molecule has 2 aliphatic rings. The van der Waals surface area contributed by atoms with E-state index in [0.717, 1.165) is 38.1 Å². The molecule has 0 radical (unpaired) electrons. The Morgan fingerprint density at radius 2 is 1.95 bits per heavy atom. The summed E-state index contributed by atoms with van der Waals surface area (Å²) in [5, 5.41) is 4.44. The lowest BCUT2D eigenvalue weighted by Crippen LogP contribution is -2.44. The van der Waals surface area contributed by atoms with Gasteiger partial charge in [-0.25, -0.2) is 14.4 Å². The van der Waals surface area contributed by atoms with Crippen LogP contribution in [-0.2, 0) is 11.4 Å². The van der Waals surface area contributed by atoms with E-state index in [1.807, 2.05) is 24.3 Å². The average Bonchev–Trinajstić information content (AvgIpc) is 3.00. The van der Waals surface area contributed by atoms with E-state index in [-0.39, 0.29) is 18.3 Å². The number of carbonyl (C=O) groups is 1. The number of rotatable bonds is 8. The van der Waals surface area contributed by atoms with Crippen LogP contribution in [0.25, 0.3) is 10.9 Å². The molecule has 3 aromatic carbocycles. The zero-order chi connectivity index (χ0) is 29.8. The molecule has 0 spiro atoms. The number of hydrogen-bond donors (Lipinski definition) is 1. The number of anilines is 3. The minimum Gasteiger partial charge on any atom is -0.489 e. The van der Waals surface area contributed by atoms with Crippen LogP contribution in [0.15, 0.2) is 73.1 Å². The first kappa shape index (κ1) is 28.9. The third kappa shape index (κ3) is 6.88. The molecule has 1 amide bonds. The number of ether oxygens (including phenoxy) is 2. The summed E-state index contributed by atoms with van der Waals surface area (Å²) in [6.45, 7) is 5.83. The van der Waals surface area contributed by atoms with Crippen molar-refractivity contribution < 1.29 is 18.7 Å². The maximum atomic E-state index is 13.5. The Bertz CT molecular complexity index is 1660. The van der Waals surface area contributed by atoms with Crippen molar-refractivity contribution in [3.63, 3.8) is 0 Å². The number of aromatic nitrogens is 2. The molecule has 1 saturated heterocycles. The zero-order valence-electron chi connectivity index (χ0n) is 23.8. The topological polar surface area (TPSA) is 83.1 Å². The lowest BCUT2D eigenvalue weighted by molar-refractivity contribution is -0.114. The number of nitrogens with zero attached hydrogens (tertiary/aromatic N) is 5. The van der Waals surface area contributed by atoms with Crippen LogP contribution in [0.3, 0.4) is 0 Å². The fourth-order valence-electron chi connectivity index (χ4n) is 5.14. The normalized spacial score (nSPS) is 15.8. The van der Waals surface area contributed by atoms with Crippen LogP contribution < -0.4 is 19.7 Å². The lowest BCUT2D eigenvalue weighted by Gasteiger charge is -2.31. The van der Waals surface area contributed by atoms with Crippen molar-refractivity contribution in [1.29, 1.82) is 0 Å². The first-order valence-corrected chi connectivity index (χ1v) is 14.5. The van der Waals surface area contributed by atoms with E-state index < -0.39 is 0 Å². The number of hydrogen-bond acceptors (Lipinski definition) is 8. The highest BCUT2D eigenvalue weighted by atomic mass is 35.5. The summed E-state index contributed by atoms with van der Waals surface area (Å²) in [4.78, 5) is 28.5. The van der Waals surface area contributed by atoms with Crippen molar-refractivity contribution >= 4 is 45.6 Å². The minimum absolute atomic E-state index is 0.0926. The number of benzene rings is 3. The molecule has 11 heteroatoms. The van der Waals surface area contributed by atoms with Gasteiger partial charge in [0, 0.05) is 55.9 Å². The Morgan fingerprint density at radius 3 is 2.77 bits per heavy atom. The largest absolute Gasteiger partial charge is 0.489 e. The maximum Gasteiger partial charge on any atom is 0.250 e. The highest BCUT2D eigenvalue weighted by molar-refractivity contribution is 6.32. The van der Waals surface area contributed by atoms with Crippen LogP contribution in [0.1, 0.15) is 5.56 Å². The predicted octanol–water partition coefficient (Wildman–Crippen LogP) is 5.27. The van der Waals surface area contributed by atoms with E-state index in [9.17, 15) is 9.18 Å². The summed E-state index contributed by atoms with van der Waals surface area (Å²) in [6, 6.07) is 15.3. The second kappa shape index (κ2) is 12.9. The molecular formula is C32H32ClFN6O3. The lowest BCUT2D eigenvalue weighted by atomic mass is 10.1. The molecule has 1 aromatic heterocycles. The fraction of sp³-hybridized carbons (Fsp3) is 0.281. The molecule has 1 N–H and O–H groups in total. The van der Waals surface area contributed by atoms with Crippen molar-refractivity contribution in [2.24, 2.45) is 0 Å². The van der Waals surface area contributed by atoms with Gasteiger partial charge in [-0.2, -0.15) is 0 Å². The molecule has 222 valence electrons. The first-order chi connectivity index (χ1) is 20.9. The number of carbonyl (C=O) groups excluding carboxylic acids is 1. The molecule has 2 aliphatic heterocycles. The number of halogens is 2. The van der Waals surface area contributed by atoms with Gasteiger partial charge < -0.3 is 24.6 Å². The number of likely N-dealkylation sites (N-methyl/N-ethyl adjacent to an activating group) is 1. The average molecular weight is 603 g/mol. The quantitative estimate of drug-likeness (QED) is 0.273. The van der Waals surface area contributed by atoms with Gasteiger partial charge in [-0.3, -0.25) is 9.69 Å². The van der Waals surface area contributed by atoms with E-state index >= 15 is 0 Å². The molecule has 0 atom stereocenters. The summed E-state index contributed by atoms with van der Waals surface area (Å²) >= 11 is 6.51. The smallest absolute Gasteiger partial charge is 0.250 e. The fourth-order valence-corrected chi connectivity index (χ4v) is 5.37. The molecule has 43 heavy (non-hydrogen) atoms. The number of amides is 1. The second-order valence-corrected chi connectivity index (χ2v) is 11.0. The standard InChI is InChI=1S/C32H32ClFN6O3/c1-38-10-12-39(13-11-38)9-3-6-31(41)40-14-15-42-30-19-27-25(18-28(30)40)32(36-21-35-27)37-24-7-8-29(26(33)17-24)43-20-22-4-2-5-23(34)16-22/h2-8,16-19,21H,9-15,20H2,1H3,(H,35,36,37). The molecule has 0 saturated carbocycles. The Morgan fingerprint density at radius 1 is 1.09 bits per heavy atom. The minimum atomic E-state index is -0.318. The molecule has 0 bridgehead atoms. The molecular weight excluding hydrogens is 571 g/mol. The molecule has 3 heterocycles. The monoisotopic (exact) mass is 602 g/mol. The van der Waals surface area contributed by atoms with E-state index in [4.69, 9.17) is 21.1 Å². The van der Waals surface area contributed by atoms with Crippen molar-refractivity contribution in [2.45, 2.75) is 6.61 Å². The van der Waals surface area contributed by atoms with Gasteiger partial charge in [-0.1, -0.05) is 29.8 Å². The summed E-state index contributed by atoms with van der Waals surface area (Å²) in [5.41, 5.74) is 2.75. The summed E-state index contributed by atoms with van der Waals surface area (Å²) in [6.07, 6.45) is 5.06. The van der Waals surface area contributed by atoms with Crippen LogP contribution in [-0.4, -0.2) is 78.6 Å². The highest BCUT2D eigenvalue weighted by Gasteiger charge is 2.24. The first-order valence-electron chi connectivity index (χ1n) is 14.2. The van der Waals surface area contributed by atoms with Crippen molar-refractivity contribution in [1.82, 2.24) is 19.8 Å². The Balaban J connectivity index is 1.18. The van der Waals surface area contributed by atoms with Gasteiger partial charge >= 0.3 is 0 Å². The van der Waals surface area contributed by atoms with Gasteiger partial charge in [0.1, 0.15) is 42.7 Å². The van der Waals surface area contributed by atoms with E-state index in [1.54, 1.807) is 35.2 Å². The molecule has 1 fully saturated rings. The number of piperazine rings is 1. The summed E-state index contributed by atoms with van der Waals surface area (Å²) < 4.78 is 25.2. The second-order valence-electron chi connectivity index (χ2n) is 10.6. The number of fused-ring (bicyclic) bond motifs is 2. The Hall–Kier alpha value is -4.25. The maximum absolute atomic E-state index is 13.5. The molecule has 0 unspecified atom stereocenters. The predicted molar refractivity (Wildman–Crippen MR) is 166 cm³/mol.